The molecule has 4 aromatic rings. The summed E-state index contributed by atoms with van der Waals surface area (Å²) in [6.07, 6.45) is -2.87. The van der Waals surface area contributed by atoms with Gasteiger partial charge in [-0.3, -0.25) is 4.79 Å². The first-order valence-electron chi connectivity index (χ1n) is 11.6. The highest BCUT2D eigenvalue weighted by Crippen LogP contribution is 2.33. The number of hydrogen-bond donors (Lipinski definition) is 3. The Morgan fingerprint density at radius 3 is 2.59 bits per heavy atom. The highest BCUT2D eigenvalue weighted by Gasteiger charge is 2.33. The average Bonchev–Trinajstić information content (AvgIpc) is 3.25. The normalized spacial score (nSPS) is 12.4. The molecule has 3 aromatic carbocycles. The van der Waals surface area contributed by atoms with Gasteiger partial charge in [0.1, 0.15) is 17.3 Å². The Balaban J connectivity index is 1.65. The second-order valence-corrected chi connectivity index (χ2v) is 8.34. The average molecular weight is 516 g/mol. The van der Waals surface area contributed by atoms with E-state index in [1.807, 2.05) is 24.3 Å². The van der Waals surface area contributed by atoms with Crippen LogP contribution in [0.2, 0.25) is 0 Å². The lowest BCUT2D eigenvalue weighted by atomic mass is 10.0. The van der Waals surface area contributed by atoms with Crippen LogP contribution in [0, 0.1) is 5.82 Å². The number of aromatic amines is 1. The number of alkyl halides is 3. The predicted octanol–water partition coefficient (Wildman–Crippen LogP) is 5.57. The van der Waals surface area contributed by atoms with Gasteiger partial charge in [-0.05, 0) is 60.4 Å². The van der Waals surface area contributed by atoms with E-state index in [-0.39, 0.29) is 17.9 Å². The van der Waals surface area contributed by atoms with Gasteiger partial charge < -0.3 is 25.5 Å². The van der Waals surface area contributed by atoms with E-state index < -0.39 is 29.9 Å². The van der Waals surface area contributed by atoms with Gasteiger partial charge in [-0.15, -0.1) is 13.2 Å². The zero-order valence-electron chi connectivity index (χ0n) is 19.9. The summed E-state index contributed by atoms with van der Waals surface area (Å²) in [4.78, 5) is 16.4. The van der Waals surface area contributed by atoms with Crippen molar-refractivity contribution in [2.45, 2.75) is 25.7 Å². The molecule has 10 heteroatoms. The van der Waals surface area contributed by atoms with Crippen LogP contribution in [0.3, 0.4) is 0 Å². The van der Waals surface area contributed by atoms with Gasteiger partial charge in [0.25, 0.3) is 5.91 Å². The maximum absolute atomic E-state index is 14.2. The Kier molecular flexibility index (Phi) is 7.68. The number of fused-ring (bicyclic) bond motifs is 1. The molecular weight excluding hydrogens is 490 g/mol. The van der Waals surface area contributed by atoms with Crippen LogP contribution in [-0.2, 0) is 6.42 Å². The minimum absolute atomic E-state index is 0.0437. The number of aromatic nitrogens is 1. The van der Waals surface area contributed by atoms with E-state index in [0.717, 1.165) is 22.5 Å². The number of hydrogen-bond acceptors (Lipinski definition) is 4. The summed E-state index contributed by atoms with van der Waals surface area (Å²) < 4.78 is 62.9. The van der Waals surface area contributed by atoms with Crippen LogP contribution in [0.1, 0.15) is 22.8 Å². The summed E-state index contributed by atoms with van der Waals surface area (Å²) in [6.45, 7) is 2.08. The first-order chi connectivity index (χ1) is 17.7. The van der Waals surface area contributed by atoms with Crippen molar-refractivity contribution in [3.8, 4) is 22.6 Å². The van der Waals surface area contributed by atoms with E-state index in [2.05, 4.69) is 15.0 Å². The van der Waals surface area contributed by atoms with Gasteiger partial charge in [0, 0.05) is 35.8 Å². The van der Waals surface area contributed by atoms with Crippen molar-refractivity contribution in [3.05, 3.63) is 83.8 Å². The number of carbonyl (C=O) groups excluding carboxylic acids is 1. The molecule has 0 aliphatic heterocycles. The molecule has 194 valence electrons. The number of nitrogens with two attached hydrogens (primary N) is 1. The molecule has 1 amide bonds. The predicted molar refractivity (Wildman–Crippen MR) is 132 cm³/mol. The van der Waals surface area contributed by atoms with E-state index in [1.54, 1.807) is 13.1 Å². The number of amides is 1. The topological polar surface area (TPSA) is 89.4 Å². The summed E-state index contributed by atoms with van der Waals surface area (Å²) >= 11 is 0. The van der Waals surface area contributed by atoms with Gasteiger partial charge >= 0.3 is 6.36 Å². The third kappa shape index (κ3) is 6.39. The maximum atomic E-state index is 14.2. The molecule has 0 spiro atoms. The Morgan fingerprint density at radius 1 is 1.08 bits per heavy atom. The second kappa shape index (κ2) is 10.9. The molecule has 0 saturated carbocycles. The lowest BCUT2D eigenvalue weighted by molar-refractivity contribution is -0.274. The number of ether oxygens (including phenoxy) is 2. The molecule has 4 N–H and O–H groups in total. The minimum Gasteiger partial charge on any atom is -0.494 e. The SMILES string of the molecule is CCOc1cc(F)cc(-c2ccc(OC(F)(F)F)c(C(=O)NC(CN)Cc3c[nH]c4ccccc34)c2)c1. The van der Waals surface area contributed by atoms with Crippen LogP contribution in [0.4, 0.5) is 17.6 Å². The lowest BCUT2D eigenvalue weighted by Crippen LogP contribution is -2.42. The molecule has 0 aliphatic carbocycles. The number of halogens is 4. The fourth-order valence-electron chi connectivity index (χ4n) is 4.10. The standard InChI is InChI=1S/C27H25F4N3O3/c1-2-36-21-11-17(9-19(28)13-21)16-7-8-25(37-27(29,30)31)23(12-16)26(35)34-20(14-32)10-18-15-33-24-6-4-3-5-22(18)24/h3-9,11-13,15,20,33H,2,10,14,32H2,1H3,(H,34,35). The van der Waals surface area contributed by atoms with Gasteiger partial charge in [0.2, 0.25) is 0 Å². The molecule has 6 nitrogen and oxygen atoms in total. The van der Waals surface area contributed by atoms with Gasteiger partial charge in [0.05, 0.1) is 12.2 Å². The third-order valence-electron chi connectivity index (χ3n) is 5.73. The molecule has 0 bridgehead atoms. The third-order valence-corrected chi connectivity index (χ3v) is 5.73. The number of H-pyrrole nitrogens is 1. The van der Waals surface area contributed by atoms with E-state index in [0.29, 0.717) is 24.2 Å². The Morgan fingerprint density at radius 2 is 1.86 bits per heavy atom. The number of rotatable bonds is 9. The van der Waals surface area contributed by atoms with Crippen LogP contribution in [0.5, 0.6) is 11.5 Å². The highest BCUT2D eigenvalue weighted by molar-refractivity contribution is 5.98. The van der Waals surface area contributed by atoms with E-state index in [4.69, 9.17) is 10.5 Å². The molecule has 1 unspecified atom stereocenters. The molecule has 0 aliphatic rings. The van der Waals surface area contributed by atoms with Crippen LogP contribution in [0.15, 0.2) is 66.9 Å². The monoisotopic (exact) mass is 515 g/mol. The van der Waals surface area contributed by atoms with Gasteiger partial charge in [-0.25, -0.2) is 4.39 Å². The van der Waals surface area contributed by atoms with Crippen molar-refractivity contribution in [2.24, 2.45) is 5.73 Å². The van der Waals surface area contributed by atoms with Crippen LogP contribution >= 0.6 is 0 Å². The van der Waals surface area contributed by atoms with Crippen molar-refractivity contribution < 1.29 is 31.8 Å². The first-order valence-corrected chi connectivity index (χ1v) is 11.6. The van der Waals surface area contributed by atoms with Crippen molar-refractivity contribution in [1.29, 1.82) is 0 Å². The zero-order valence-corrected chi connectivity index (χ0v) is 19.9. The fraction of sp³-hybridized carbons (Fsp3) is 0.222. The summed E-state index contributed by atoms with van der Waals surface area (Å²) in [7, 11) is 0. The molecule has 37 heavy (non-hydrogen) atoms. The van der Waals surface area contributed by atoms with Crippen LogP contribution in [-0.4, -0.2) is 36.4 Å². The van der Waals surface area contributed by atoms with Crippen LogP contribution in [0.25, 0.3) is 22.0 Å². The number of para-hydroxylation sites is 1. The minimum atomic E-state index is -5.02. The molecule has 0 saturated heterocycles. The fourth-order valence-corrected chi connectivity index (χ4v) is 4.10. The summed E-state index contributed by atoms with van der Waals surface area (Å²) in [6, 6.07) is 14.5. The second-order valence-electron chi connectivity index (χ2n) is 8.34. The van der Waals surface area contributed by atoms with Crippen molar-refractivity contribution in [1.82, 2.24) is 10.3 Å². The molecule has 1 heterocycles. The lowest BCUT2D eigenvalue weighted by Gasteiger charge is -2.19. The van der Waals surface area contributed by atoms with Gasteiger partial charge in [-0.1, -0.05) is 24.3 Å². The summed E-state index contributed by atoms with van der Waals surface area (Å²) in [5.74, 6) is -1.83. The number of benzene rings is 3. The Labute approximate surface area is 210 Å². The largest absolute Gasteiger partial charge is 0.573 e. The molecular formula is C27H25F4N3O3. The quantitative estimate of drug-likeness (QED) is 0.254. The van der Waals surface area contributed by atoms with Crippen molar-refractivity contribution in [2.75, 3.05) is 13.2 Å². The van der Waals surface area contributed by atoms with Crippen molar-refractivity contribution >= 4 is 16.8 Å². The molecule has 4 rings (SSSR count). The maximum Gasteiger partial charge on any atom is 0.573 e. The van der Waals surface area contributed by atoms with E-state index >= 15 is 0 Å². The molecule has 1 atom stereocenters. The van der Waals surface area contributed by atoms with E-state index in [9.17, 15) is 22.4 Å². The van der Waals surface area contributed by atoms with Gasteiger partial charge in [-0.2, -0.15) is 0 Å². The van der Waals surface area contributed by atoms with Gasteiger partial charge in [0.15, 0.2) is 0 Å². The van der Waals surface area contributed by atoms with E-state index in [1.165, 1.54) is 30.3 Å². The summed E-state index contributed by atoms with van der Waals surface area (Å²) in [5.41, 5.74) is 7.97. The molecule has 1 aromatic heterocycles. The number of carbonyl (C=O) groups is 1. The highest BCUT2D eigenvalue weighted by atomic mass is 19.4. The Hall–Kier alpha value is -4.05. The Bertz CT molecular complexity index is 1400. The molecule has 0 fully saturated rings. The molecule has 0 radical (unpaired) electrons. The van der Waals surface area contributed by atoms with Crippen molar-refractivity contribution in [3.63, 3.8) is 0 Å². The van der Waals surface area contributed by atoms with Crippen LogP contribution < -0.4 is 20.5 Å². The number of nitrogens with one attached hydrogen (secondary N) is 2. The zero-order chi connectivity index (χ0) is 26.6. The first kappa shape index (κ1) is 26.0. The smallest absolute Gasteiger partial charge is 0.494 e. The summed E-state index contributed by atoms with van der Waals surface area (Å²) in [5, 5.41) is 3.66.